The second kappa shape index (κ2) is 4.80. The number of hydrogen-bond donors (Lipinski definition) is 1. The number of aldehydes is 1. The number of nitrogens with one attached hydrogen (secondary N) is 1. The molecular formula is C14H11N3O3. The first-order valence-corrected chi connectivity index (χ1v) is 6.23. The molecule has 3 rings (SSSR count). The van der Waals surface area contributed by atoms with Gasteiger partial charge in [0, 0.05) is 22.8 Å². The van der Waals surface area contributed by atoms with Crippen molar-refractivity contribution in [3.8, 4) is 0 Å². The average molecular weight is 269 g/mol. The van der Waals surface area contributed by atoms with Gasteiger partial charge in [-0.1, -0.05) is 12.1 Å². The predicted molar refractivity (Wildman–Crippen MR) is 70.1 cm³/mol. The molecule has 0 aliphatic carbocycles. The number of carbonyl (C=O) groups excluding carboxylic acids is 3. The van der Waals surface area contributed by atoms with Gasteiger partial charge in [0.2, 0.25) is 11.8 Å². The molecule has 1 atom stereocenters. The van der Waals surface area contributed by atoms with E-state index in [0.29, 0.717) is 24.1 Å². The van der Waals surface area contributed by atoms with E-state index in [2.05, 4.69) is 15.5 Å². The highest BCUT2D eigenvalue weighted by molar-refractivity contribution is 6.02. The fourth-order valence-electron chi connectivity index (χ4n) is 2.41. The van der Waals surface area contributed by atoms with E-state index in [4.69, 9.17) is 0 Å². The van der Waals surface area contributed by atoms with Gasteiger partial charge in [-0.15, -0.1) is 0 Å². The molecule has 0 bridgehead atoms. The Morgan fingerprint density at radius 3 is 2.90 bits per heavy atom. The number of imide groups is 1. The fraction of sp³-hybridized carbons (Fsp3) is 0.214. The number of aromatic nitrogens is 2. The van der Waals surface area contributed by atoms with Crippen molar-refractivity contribution in [2.75, 3.05) is 0 Å². The molecule has 2 amide bonds. The summed E-state index contributed by atoms with van der Waals surface area (Å²) in [5, 5.41) is 11.8. The summed E-state index contributed by atoms with van der Waals surface area (Å²) in [6.45, 7) is 0. The van der Waals surface area contributed by atoms with Crippen LogP contribution < -0.4 is 5.32 Å². The summed E-state index contributed by atoms with van der Waals surface area (Å²) in [7, 11) is 0. The van der Waals surface area contributed by atoms with E-state index >= 15 is 0 Å². The predicted octanol–water partition coefficient (Wildman–Crippen LogP) is 0.962. The van der Waals surface area contributed by atoms with Crippen LogP contribution in [0.5, 0.6) is 0 Å². The summed E-state index contributed by atoms with van der Waals surface area (Å²) < 4.78 is 0. The molecule has 1 unspecified atom stereocenters. The Morgan fingerprint density at radius 2 is 2.15 bits per heavy atom. The maximum Gasteiger partial charge on any atom is 0.235 e. The van der Waals surface area contributed by atoms with Crippen molar-refractivity contribution in [1.82, 2.24) is 15.5 Å². The van der Waals surface area contributed by atoms with Crippen molar-refractivity contribution in [3.05, 3.63) is 35.7 Å². The van der Waals surface area contributed by atoms with Gasteiger partial charge >= 0.3 is 0 Å². The lowest BCUT2D eigenvalue weighted by molar-refractivity contribution is -0.134. The monoisotopic (exact) mass is 269 g/mol. The third kappa shape index (κ3) is 2.05. The fourth-order valence-corrected chi connectivity index (χ4v) is 2.41. The number of amides is 2. The molecule has 1 aromatic carbocycles. The third-order valence-corrected chi connectivity index (χ3v) is 3.42. The zero-order chi connectivity index (χ0) is 14.1. The minimum atomic E-state index is -0.481. The summed E-state index contributed by atoms with van der Waals surface area (Å²) in [6.07, 6.45) is 3.03. The molecule has 100 valence electrons. The first kappa shape index (κ1) is 12.4. The molecule has 1 saturated heterocycles. The molecule has 0 spiro atoms. The molecule has 1 fully saturated rings. The summed E-state index contributed by atoms with van der Waals surface area (Å²) in [6, 6.07) is 5.13. The number of hydrogen-bond acceptors (Lipinski definition) is 5. The number of piperidine rings is 1. The average Bonchev–Trinajstić information content (AvgIpc) is 2.46. The van der Waals surface area contributed by atoms with Gasteiger partial charge in [0.05, 0.1) is 17.8 Å². The van der Waals surface area contributed by atoms with Gasteiger partial charge in [-0.25, -0.2) is 0 Å². The van der Waals surface area contributed by atoms with Gasteiger partial charge in [-0.05, 0) is 12.5 Å². The summed E-state index contributed by atoms with van der Waals surface area (Å²) in [5.41, 5.74) is 1.09. The Morgan fingerprint density at radius 1 is 1.30 bits per heavy atom. The van der Waals surface area contributed by atoms with Gasteiger partial charge in [-0.3, -0.25) is 19.7 Å². The van der Waals surface area contributed by atoms with Gasteiger partial charge in [0.1, 0.15) is 6.29 Å². The molecule has 1 aliphatic rings. The lowest BCUT2D eigenvalue weighted by atomic mass is 9.91. The molecular weight excluding hydrogens is 258 g/mol. The molecule has 6 heteroatoms. The van der Waals surface area contributed by atoms with Crippen molar-refractivity contribution < 1.29 is 14.4 Å². The molecule has 20 heavy (non-hydrogen) atoms. The van der Waals surface area contributed by atoms with Crippen molar-refractivity contribution in [3.63, 3.8) is 0 Å². The highest BCUT2D eigenvalue weighted by atomic mass is 16.2. The van der Waals surface area contributed by atoms with Crippen molar-refractivity contribution in [2.24, 2.45) is 0 Å². The zero-order valence-corrected chi connectivity index (χ0v) is 10.5. The van der Waals surface area contributed by atoms with Crippen LogP contribution in [0.1, 0.15) is 34.8 Å². The van der Waals surface area contributed by atoms with Crippen LogP contribution in [0.25, 0.3) is 10.8 Å². The summed E-state index contributed by atoms with van der Waals surface area (Å²) >= 11 is 0. The number of benzene rings is 1. The molecule has 0 saturated carbocycles. The summed E-state index contributed by atoms with van der Waals surface area (Å²) in [4.78, 5) is 33.9. The van der Waals surface area contributed by atoms with E-state index in [1.807, 2.05) is 0 Å². The number of carbonyl (C=O) groups is 3. The first-order chi connectivity index (χ1) is 9.69. The van der Waals surface area contributed by atoms with Crippen LogP contribution >= 0.6 is 0 Å². The van der Waals surface area contributed by atoms with E-state index in [1.165, 1.54) is 0 Å². The van der Waals surface area contributed by atoms with Crippen molar-refractivity contribution >= 4 is 28.9 Å². The van der Waals surface area contributed by atoms with Crippen molar-refractivity contribution in [1.29, 1.82) is 0 Å². The maximum atomic E-state index is 11.9. The number of nitrogens with zero attached hydrogens (tertiary/aromatic N) is 2. The van der Waals surface area contributed by atoms with Crippen LogP contribution in [0.4, 0.5) is 0 Å². The topological polar surface area (TPSA) is 89.0 Å². The molecule has 1 N–H and O–H groups in total. The Balaban J connectivity index is 2.09. The van der Waals surface area contributed by atoms with Gasteiger partial charge in [0.15, 0.2) is 0 Å². The lowest BCUT2D eigenvalue weighted by Crippen LogP contribution is -2.39. The molecule has 1 aromatic heterocycles. The lowest BCUT2D eigenvalue weighted by Gasteiger charge is -2.20. The Kier molecular flexibility index (Phi) is 2.98. The van der Waals surface area contributed by atoms with Gasteiger partial charge in [-0.2, -0.15) is 10.2 Å². The first-order valence-electron chi connectivity index (χ1n) is 6.23. The van der Waals surface area contributed by atoms with E-state index in [1.54, 1.807) is 24.4 Å². The minimum absolute atomic E-state index is 0.261. The number of fused-ring (bicyclic) bond motifs is 1. The van der Waals surface area contributed by atoms with Crippen LogP contribution in [0.2, 0.25) is 0 Å². The highest BCUT2D eigenvalue weighted by Gasteiger charge is 2.30. The largest absolute Gasteiger partial charge is 0.298 e. The van der Waals surface area contributed by atoms with Crippen molar-refractivity contribution in [2.45, 2.75) is 18.8 Å². The Labute approximate surface area is 114 Å². The third-order valence-electron chi connectivity index (χ3n) is 3.42. The maximum absolute atomic E-state index is 11.9. The van der Waals surface area contributed by atoms with Crippen LogP contribution in [0.3, 0.4) is 0 Å². The standard InChI is InChI=1S/C14H11N3O3/c18-7-8-1-2-10-9(5-8)6-15-17-13(10)11-3-4-12(19)16-14(11)20/h1-2,5-7,11H,3-4H2,(H,16,19,20). The smallest absolute Gasteiger partial charge is 0.235 e. The molecule has 0 radical (unpaired) electrons. The van der Waals surface area contributed by atoms with E-state index < -0.39 is 5.92 Å². The molecule has 2 aromatic rings. The van der Waals surface area contributed by atoms with Gasteiger partial charge < -0.3 is 0 Å². The van der Waals surface area contributed by atoms with Crippen LogP contribution in [-0.2, 0) is 9.59 Å². The second-order valence-corrected chi connectivity index (χ2v) is 4.70. The number of rotatable bonds is 2. The van der Waals surface area contributed by atoms with Crippen LogP contribution in [0.15, 0.2) is 24.4 Å². The quantitative estimate of drug-likeness (QED) is 0.648. The normalized spacial score (nSPS) is 18.9. The SMILES string of the molecule is O=Cc1ccc2c(C3CCC(=O)NC3=O)nncc2c1. The van der Waals surface area contributed by atoms with Crippen LogP contribution in [-0.4, -0.2) is 28.3 Å². The molecule has 2 heterocycles. The zero-order valence-electron chi connectivity index (χ0n) is 10.5. The molecule has 6 nitrogen and oxygen atoms in total. The van der Waals surface area contributed by atoms with Gasteiger partial charge in [0.25, 0.3) is 0 Å². The van der Waals surface area contributed by atoms with E-state index in [0.717, 1.165) is 17.1 Å². The highest BCUT2D eigenvalue weighted by Crippen LogP contribution is 2.28. The summed E-state index contributed by atoms with van der Waals surface area (Å²) in [5.74, 6) is -1.09. The minimum Gasteiger partial charge on any atom is -0.298 e. The van der Waals surface area contributed by atoms with E-state index in [-0.39, 0.29) is 11.8 Å². The Hall–Kier alpha value is -2.63. The Bertz CT molecular complexity index is 727. The second-order valence-electron chi connectivity index (χ2n) is 4.70. The van der Waals surface area contributed by atoms with Crippen LogP contribution in [0, 0.1) is 0 Å². The molecule has 1 aliphatic heterocycles. The van der Waals surface area contributed by atoms with E-state index in [9.17, 15) is 14.4 Å².